The molecule has 17 heavy (non-hydrogen) atoms. The Morgan fingerprint density at radius 2 is 2.12 bits per heavy atom. The van der Waals surface area contributed by atoms with E-state index in [1.807, 2.05) is 25.1 Å². The van der Waals surface area contributed by atoms with Crippen LogP contribution >= 0.6 is 0 Å². The third kappa shape index (κ3) is 3.98. The molecule has 1 N–H and O–H groups in total. The van der Waals surface area contributed by atoms with E-state index in [0.29, 0.717) is 13.0 Å². The molecule has 0 saturated carbocycles. The maximum Gasteiger partial charge on any atom is 0.223 e. The third-order valence-corrected chi connectivity index (χ3v) is 2.56. The first-order valence-electron chi connectivity index (χ1n) is 5.63. The summed E-state index contributed by atoms with van der Waals surface area (Å²) in [6.07, 6.45) is 0.498. The molecule has 1 amide bonds. The van der Waals surface area contributed by atoms with Crippen molar-refractivity contribution in [3.8, 4) is 5.75 Å². The van der Waals surface area contributed by atoms with E-state index in [1.54, 1.807) is 26.1 Å². The second-order valence-corrected chi connectivity index (χ2v) is 4.15. The zero-order valence-corrected chi connectivity index (χ0v) is 10.9. The van der Waals surface area contributed by atoms with Crippen LogP contribution in [0.3, 0.4) is 0 Å². The molecule has 4 heteroatoms. The summed E-state index contributed by atoms with van der Waals surface area (Å²) in [5, 5.41) is 3.22. The summed E-state index contributed by atoms with van der Waals surface area (Å²) in [6, 6.07) is 5.89. The molecule has 1 aromatic carbocycles. The Hall–Kier alpha value is -1.71. The largest absolute Gasteiger partial charge is 0.496 e. The number of methoxy groups -OCH3 is 1. The molecule has 0 spiro atoms. The van der Waals surface area contributed by atoms with Crippen molar-refractivity contribution in [2.45, 2.75) is 13.3 Å². The summed E-state index contributed by atoms with van der Waals surface area (Å²) >= 11 is 0. The number of carbonyl (C=O) groups excluding carboxylic acids is 1. The smallest absolute Gasteiger partial charge is 0.223 e. The van der Waals surface area contributed by atoms with Crippen LogP contribution in [0.2, 0.25) is 0 Å². The second kappa shape index (κ2) is 6.13. The Morgan fingerprint density at radius 3 is 2.65 bits per heavy atom. The molecule has 4 nitrogen and oxygen atoms in total. The number of anilines is 1. The minimum atomic E-state index is 0.128. The van der Waals surface area contributed by atoms with E-state index in [2.05, 4.69) is 5.32 Å². The molecular weight excluding hydrogens is 216 g/mol. The van der Waals surface area contributed by atoms with E-state index in [0.717, 1.165) is 17.0 Å². The standard InChI is InChI=1S/C13H20N2O2/c1-10-9-11(5-6-12(10)17-4)14-8-7-13(16)15(2)3/h5-6,9,14H,7-8H2,1-4H3. The highest BCUT2D eigenvalue weighted by molar-refractivity contribution is 5.76. The number of ether oxygens (including phenoxy) is 1. The van der Waals surface area contributed by atoms with Gasteiger partial charge in [0.2, 0.25) is 5.91 Å². The van der Waals surface area contributed by atoms with Gasteiger partial charge in [0.15, 0.2) is 0 Å². The van der Waals surface area contributed by atoms with Crippen LogP contribution in [0.5, 0.6) is 5.75 Å². The molecule has 0 aliphatic rings. The Morgan fingerprint density at radius 1 is 1.41 bits per heavy atom. The van der Waals surface area contributed by atoms with Crippen LogP contribution in [-0.2, 0) is 4.79 Å². The summed E-state index contributed by atoms with van der Waals surface area (Å²) < 4.78 is 5.19. The van der Waals surface area contributed by atoms with E-state index in [1.165, 1.54) is 0 Å². The molecule has 0 aliphatic carbocycles. The first-order valence-corrected chi connectivity index (χ1v) is 5.63. The average molecular weight is 236 g/mol. The van der Waals surface area contributed by atoms with Gasteiger partial charge in [-0.15, -0.1) is 0 Å². The number of hydrogen-bond acceptors (Lipinski definition) is 3. The van der Waals surface area contributed by atoms with Crippen LogP contribution in [0.25, 0.3) is 0 Å². The van der Waals surface area contributed by atoms with Gasteiger partial charge < -0.3 is 15.0 Å². The summed E-state index contributed by atoms with van der Waals surface area (Å²) in [5.74, 6) is 1.00. The number of aryl methyl sites for hydroxylation is 1. The second-order valence-electron chi connectivity index (χ2n) is 4.15. The SMILES string of the molecule is COc1ccc(NCCC(=O)N(C)C)cc1C. The van der Waals surface area contributed by atoms with E-state index in [9.17, 15) is 4.79 Å². The Balaban J connectivity index is 2.47. The van der Waals surface area contributed by atoms with Gasteiger partial charge in [-0.2, -0.15) is 0 Å². The van der Waals surface area contributed by atoms with Crippen LogP contribution in [0, 0.1) is 6.92 Å². The van der Waals surface area contributed by atoms with Gasteiger partial charge >= 0.3 is 0 Å². The van der Waals surface area contributed by atoms with Crippen molar-refractivity contribution in [3.05, 3.63) is 23.8 Å². The highest BCUT2D eigenvalue weighted by Crippen LogP contribution is 2.21. The fraction of sp³-hybridized carbons (Fsp3) is 0.462. The fourth-order valence-corrected chi connectivity index (χ4v) is 1.53. The van der Waals surface area contributed by atoms with Gasteiger partial charge in [-0.05, 0) is 30.7 Å². The summed E-state index contributed by atoms with van der Waals surface area (Å²) in [5.41, 5.74) is 2.09. The Kier molecular flexibility index (Phi) is 4.82. The molecule has 0 aromatic heterocycles. The van der Waals surface area contributed by atoms with E-state index < -0.39 is 0 Å². The molecule has 1 rings (SSSR count). The molecule has 0 heterocycles. The van der Waals surface area contributed by atoms with Crippen LogP contribution in [0.4, 0.5) is 5.69 Å². The lowest BCUT2D eigenvalue weighted by molar-refractivity contribution is -0.128. The molecule has 0 saturated heterocycles. The number of hydrogen-bond donors (Lipinski definition) is 1. The molecule has 0 fully saturated rings. The molecule has 0 radical (unpaired) electrons. The lowest BCUT2D eigenvalue weighted by Crippen LogP contribution is -2.23. The predicted octanol–water partition coefficient (Wildman–Crippen LogP) is 1.89. The van der Waals surface area contributed by atoms with E-state index in [4.69, 9.17) is 4.74 Å². The van der Waals surface area contributed by atoms with Gasteiger partial charge in [-0.1, -0.05) is 0 Å². The average Bonchev–Trinajstić information content (AvgIpc) is 2.29. The van der Waals surface area contributed by atoms with Gasteiger partial charge in [0.05, 0.1) is 7.11 Å². The van der Waals surface area contributed by atoms with Gasteiger partial charge in [-0.25, -0.2) is 0 Å². The first kappa shape index (κ1) is 13.4. The number of rotatable bonds is 5. The van der Waals surface area contributed by atoms with Crippen LogP contribution < -0.4 is 10.1 Å². The molecule has 0 unspecified atom stereocenters. The monoisotopic (exact) mass is 236 g/mol. The van der Waals surface area contributed by atoms with Crippen LogP contribution in [0.1, 0.15) is 12.0 Å². The maximum absolute atomic E-state index is 11.4. The highest BCUT2D eigenvalue weighted by atomic mass is 16.5. The number of benzene rings is 1. The van der Waals surface area contributed by atoms with Gasteiger partial charge in [0.25, 0.3) is 0 Å². The minimum Gasteiger partial charge on any atom is -0.496 e. The Labute approximate surface area is 103 Å². The number of carbonyl (C=O) groups is 1. The topological polar surface area (TPSA) is 41.6 Å². The third-order valence-electron chi connectivity index (χ3n) is 2.56. The van der Waals surface area contributed by atoms with Crippen molar-refractivity contribution < 1.29 is 9.53 Å². The fourth-order valence-electron chi connectivity index (χ4n) is 1.53. The predicted molar refractivity (Wildman–Crippen MR) is 69.5 cm³/mol. The number of nitrogens with zero attached hydrogens (tertiary/aromatic N) is 1. The van der Waals surface area contributed by atoms with E-state index in [-0.39, 0.29) is 5.91 Å². The minimum absolute atomic E-state index is 0.128. The van der Waals surface area contributed by atoms with Gasteiger partial charge in [0.1, 0.15) is 5.75 Å². The van der Waals surface area contributed by atoms with Gasteiger partial charge in [0, 0.05) is 32.7 Å². The molecule has 0 bridgehead atoms. The summed E-state index contributed by atoms with van der Waals surface area (Å²) in [4.78, 5) is 13.0. The number of nitrogens with one attached hydrogen (secondary N) is 1. The van der Waals surface area contributed by atoms with Crippen molar-refractivity contribution in [2.75, 3.05) is 33.1 Å². The van der Waals surface area contributed by atoms with Gasteiger partial charge in [-0.3, -0.25) is 4.79 Å². The molecule has 1 aromatic rings. The van der Waals surface area contributed by atoms with Crippen LogP contribution in [-0.4, -0.2) is 38.6 Å². The summed E-state index contributed by atoms with van der Waals surface area (Å²) in [6.45, 7) is 2.64. The molecule has 94 valence electrons. The quantitative estimate of drug-likeness (QED) is 0.849. The van der Waals surface area contributed by atoms with Crippen molar-refractivity contribution in [1.29, 1.82) is 0 Å². The molecule has 0 atom stereocenters. The first-order chi connectivity index (χ1) is 8.04. The summed E-state index contributed by atoms with van der Waals surface area (Å²) in [7, 11) is 5.19. The lowest BCUT2D eigenvalue weighted by atomic mass is 10.2. The van der Waals surface area contributed by atoms with Crippen molar-refractivity contribution in [2.24, 2.45) is 0 Å². The van der Waals surface area contributed by atoms with Crippen molar-refractivity contribution in [3.63, 3.8) is 0 Å². The van der Waals surface area contributed by atoms with E-state index >= 15 is 0 Å². The number of amides is 1. The molecular formula is C13H20N2O2. The maximum atomic E-state index is 11.4. The molecule has 0 aliphatic heterocycles. The Bertz CT molecular complexity index is 389. The van der Waals surface area contributed by atoms with Crippen molar-refractivity contribution in [1.82, 2.24) is 4.90 Å². The normalized spacial score (nSPS) is 9.88. The van der Waals surface area contributed by atoms with Crippen molar-refractivity contribution >= 4 is 11.6 Å². The highest BCUT2D eigenvalue weighted by Gasteiger charge is 2.03. The zero-order chi connectivity index (χ0) is 12.8. The zero-order valence-electron chi connectivity index (χ0n) is 10.9. The lowest BCUT2D eigenvalue weighted by Gasteiger charge is -2.12. The van der Waals surface area contributed by atoms with Crippen LogP contribution in [0.15, 0.2) is 18.2 Å².